The molecule has 0 heterocycles. The SMILES string of the molecule is [CH2]CCC(OCCO)OCCOCCOCCOCCO. The molecule has 0 aliphatic carbocycles. The first kappa shape index (κ1) is 20.7. The highest BCUT2D eigenvalue weighted by molar-refractivity contribution is 4.48. The predicted octanol–water partition coefficient (Wildman–Crippen LogP) is -0.00561. The van der Waals surface area contributed by atoms with Gasteiger partial charge in [-0.3, -0.25) is 0 Å². The maximum atomic E-state index is 8.69. The third-order valence-electron chi connectivity index (χ3n) is 2.35. The first-order valence-corrected chi connectivity index (χ1v) is 7.32. The van der Waals surface area contributed by atoms with Gasteiger partial charge in [-0.1, -0.05) is 6.92 Å². The van der Waals surface area contributed by atoms with Crippen LogP contribution in [0.3, 0.4) is 0 Å². The van der Waals surface area contributed by atoms with E-state index in [1.165, 1.54) is 0 Å². The van der Waals surface area contributed by atoms with Crippen LogP contribution in [0.4, 0.5) is 0 Å². The molecule has 0 spiro atoms. The van der Waals surface area contributed by atoms with Gasteiger partial charge in [0.2, 0.25) is 0 Å². The monoisotopic (exact) mass is 309 g/mol. The average molecular weight is 309 g/mol. The molecule has 7 heteroatoms. The number of aliphatic hydroxyl groups excluding tert-OH is 2. The highest BCUT2D eigenvalue weighted by Gasteiger charge is 2.07. The first-order valence-electron chi connectivity index (χ1n) is 7.32. The molecule has 0 amide bonds. The van der Waals surface area contributed by atoms with E-state index in [2.05, 4.69) is 6.92 Å². The molecule has 0 bridgehead atoms. The van der Waals surface area contributed by atoms with Gasteiger partial charge in [0.1, 0.15) is 0 Å². The lowest BCUT2D eigenvalue weighted by Crippen LogP contribution is -2.21. The van der Waals surface area contributed by atoms with Gasteiger partial charge in [0.15, 0.2) is 6.29 Å². The molecule has 1 unspecified atom stereocenters. The van der Waals surface area contributed by atoms with Crippen LogP contribution in [0.2, 0.25) is 0 Å². The molecule has 0 aromatic heterocycles. The van der Waals surface area contributed by atoms with Crippen LogP contribution in [0.25, 0.3) is 0 Å². The van der Waals surface area contributed by atoms with Crippen molar-refractivity contribution in [2.45, 2.75) is 19.1 Å². The van der Waals surface area contributed by atoms with E-state index in [0.717, 1.165) is 0 Å². The minimum atomic E-state index is -0.335. The van der Waals surface area contributed by atoms with Crippen molar-refractivity contribution >= 4 is 0 Å². The van der Waals surface area contributed by atoms with E-state index in [1.807, 2.05) is 0 Å². The first-order chi connectivity index (χ1) is 10.3. The molecule has 21 heavy (non-hydrogen) atoms. The molecule has 0 aromatic rings. The summed E-state index contributed by atoms with van der Waals surface area (Å²) in [6, 6.07) is 0. The van der Waals surface area contributed by atoms with Crippen molar-refractivity contribution in [3.63, 3.8) is 0 Å². The largest absolute Gasteiger partial charge is 0.394 e. The minimum Gasteiger partial charge on any atom is -0.394 e. The van der Waals surface area contributed by atoms with Gasteiger partial charge in [0.05, 0.1) is 66.1 Å². The zero-order chi connectivity index (χ0) is 15.6. The fourth-order valence-electron chi connectivity index (χ4n) is 1.41. The van der Waals surface area contributed by atoms with Crippen molar-refractivity contribution in [3.05, 3.63) is 6.92 Å². The highest BCUT2D eigenvalue weighted by atomic mass is 16.7. The Morgan fingerprint density at radius 3 is 1.67 bits per heavy atom. The van der Waals surface area contributed by atoms with E-state index >= 15 is 0 Å². The second-order valence-electron chi connectivity index (χ2n) is 4.10. The molecule has 2 N–H and O–H groups in total. The van der Waals surface area contributed by atoms with Crippen molar-refractivity contribution in [3.8, 4) is 0 Å². The molecule has 0 aliphatic heterocycles. The van der Waals surface area contributed by atoms with Gasteiger partial charge in [-0.25, -0.2) is 0 Å². The lowest BCUT2D eigenvalue weighted by molar-refractivity contribution is -0.158. The van der Waals surface area contributed by atoms with Crippen molar-refractivity contribution in [2.75, 3.05) is 66.1 Å². The summed E-state index contributed by atoms with van der Waals surface area (Å²) in [5.41, 5.74) is 0. The third-order valence-corrected chi connectivity index (χ3v) is 2.35. The Balaban J connectivity index is 3.25. The van der Waals surface area contributed by atoms with Crippen molar-refractivity contribution < 1.29 is 33.9 Å². The molecule has 0 rings (SSSR count). The van der Waals surface area contributed by atoms with Gasteiger partial charge >= 0.3 is 0 Å². The maximum Gasteiger partial charge on any atom is 0.157 e. The molecular weight excluding hydrogens is 280 g/mol. The molecule has 0 saturated carbocycles. The predicted molar refractivity (Wildman–Crippen MR) is 76.9 cm³/mol. The van der Waals surface area contributed by atoms with Crippen LogP contribution in [-0.4, -0.2) is 82.6 Å². The number of hydrogen-bond acceptors (Lipinski definition) is 7. The number of ether oxygens (including phenoxy) is 5. The fourth-order valence-corrected chi connectivity index (χ4v) is 1.41. The van der Waals surface area contributed by atoms with Crippen LogP contribution in [0, 0.1) is 6.92 Å². The van der Waals surface area contributed by atoms with Gasteiger partial charge in [-0.2, -0.15) is 0 Å². The molecule has 7 nitrogen and oxygen atoms in total. The second-order valence-corrected chi connectivity index (χ2v) is 4.10. The van der Waals surface area contributed by atoms with Crippen molar-refractivity contribution in [2.24, 2.45) is 0 Å². The van der Waals surface area contributed by atoms with Crippen LogP contribution >= 0.6 is 0 Å². The molecule has 0 fully saturated rings. The fraction of sp³-hybridized carbons (Fsp3) is 0.929. The summed E-state index contributed by atoms with van der Waals surface area (Å²) in [6.07, 6.45) is 1.07. The van der Waals surface area contributed by atoms with Gasteiger partial charge in [0.25, 0.3) is 0 Å². The molecule has 1 radical (unpaired) electrons. The summed E-state index contributed by atoms with van der Waals surface area (Å²) in [4.78, 5) is 0. The molecule has 0 saturated heterocycles. The zero-order valence-corrected chi connectivity index (χ0v) is 12.7. The Labute approximate surface area is 127 Å². The minimum absolute atomic E-state index is 0.0210. The Morgan fingerprint density at radius 2 is 1.14 bits per heavy atom. The Morgan fingerprint density at radius 1 is 0.667 bits per heavy atom. The van der Waals surface area contributed by atoms with Gasteiger partial charge in [0, 0.05) is 0 Å². The van der Waals surface area contributed by atoms with Crippen molar-refractivity contribution in [1.29, 1.82) is 0 Å². The Kier molecular flexibility index (Phi) is 17.5. The summed E-state index contributed by atoms with van der Waals surface area (Å²) < 4.78 is 26.4. The normalized spacial score (nSPS) is 12.7. The average Bonchev–Trinajstić information content (AvgIpc) is 2.50. The Bertz CT molecular complexity index is 192. The number of aliphatic hydroxyl groups is 2. The number of hydrogen-bond donors (Lipinski definition) is 2. The van der Waals surface area contributed by atoms with E-state index in [4.69, 9.17) is 33.9 Å². The summed E-state index contributed by atoms with van der Waals surface area (Å²) in [5, 5.41) is 17.2. The zero-order valence-electron chi connectivity index (χ0n) is 12.7. The molecule has 0 aliphatic rings. The molecule has 1 atom stereocenters. The van der Waals surface area contributed by atoms with E-state index in [-0.39, 0.29) is 26.1 Å². The Hall–Kier alpha value is -0.280. The van der Waals surface area contributed by atoms with E-state index in [0.29, 0.717) is 59.1 Å². The van der Waals surface area contributed by atoms with E-state index in [1.54, 1.807) is 0 Å². The maximum absolute atomic E-state index is 8.69. The molecular formula is C14H29O7. The molecule has 127 valence electrons. The standard InChI is InChI=1S/C14H29O7/c1-2-3-14(20-7-5-16)21-13-12-19-11-10-18-9-8-17-6-4-15/h14-16H,1-13H2. The van der Waals surface area contributed by atoms with Crippen LogP contribution in [0.5, 0.6) is 0 Å². The van der Waals surface area contributed by atoms with Gasteiger partial charge in [-0.05, 0) is 12.8 Å². The lowest BCUT2D eigenvalue weighted by atomic mass is 10.3. The summed E-state index contributed by atoms with van der Waals surface area (Å²) in [6.45, 7) is 7.17. The topological polar surface area (TPSA) is 86.6 Å². The highest BCUT2D eigenvalue weighted by Crippen LogP contribution is 2.03. The third kappa shape index (κ3) is 15.9. The van der Waals surface area contributed by atoms with E-state index in [9.17, 15) is 0 Å². The quantitative estimate of drug-likeness (QED) is 0.289. The van der Waals surface area contributed by atoms with Gasteiger partial charge < -0.3 is 33.9 Å². The van der Waals surface area contributed by atoms with Crippen LogP contribution in [-0.2, 0) is 23.7 Å². The van der Waals surface area contributed by atoms with Crippen LogP contribution < -0.4 is 0 Å². The van der Waals surface area contributed by atoms with Crippen LogP contribution in [0.1, 0.15) is 12.8 Å². The van der Waals surface area contributed by atoms with Crippen LogP contribution in [0.15, 0.2) is 0 Å². The second kappa shape index (κ2) is 17.8. The van der Waals surface area contributed by atoms with Gasteiger partial charge in [-0.15, -0.1) is 0 Å². The summed E-state index contributed by atoms with van der Waals surface area (Å²) in [5.74, 6) is 0. The van der Waals surface area contributed by atoms with Crippen molar-refractivity contribution in [1.82, 2.24) is 0 Å². The van der Waals surface area contributed by atoms with E-state index < -0.39 is 0 Å². The smallest absolute Gasteiger partial charge is 0.157 e. The lowest BCUT2D eigenvalue weighted by Gasteiger charge is -2.17. The summed E-state index contributed by atoms with van der Waals surface area (Å²) in [7, 11) is 0. The number of rotatable bonds is 17. The molecule has 0 aromatic carbocycles. The summed E-state index contributed by atoms with van der Waals surface area (Å²) >= 11 is 0.